The number of carboxylic acid groups (broad SMARTS) is 1. The van der Waals surface area contributed by atoms with Crippen LogP contribution in [0.3, 0.4) is 0 Å². The van der Waals surface area contributed by atoms with Gasteiger partial charge in [-0.05, 0) is 44.0 Å². The molecule has 0 radical (unpaired) electrons. The molecule has 2 aromatic rings. The molecule has 1 saturated heterocycles. The van der Waals surface area contributed by atoms with Crippen LogP contribution in [0.4, 0.5) is 0 Å². The van der Waals surface area contributed by atoms with Crippen LogP contribution in [-0.2, 0) is 16.1 Å². The average Bonchev–Trinajstić information content (AvgIpc) is 3.18. The van der Waals surface area contributed by atoms with E-state index in [4.69, 9.17) is 0 Å². The number of amides is 1. The zero-order valence-electron chi connectivity index (χ0n) is 15.3. The molecule has 0 bridgehead atoms. The number of nitrogens with zero attached hydrogens (tertiary/aromatic N) is 4. The van der Waals surface area contributed by atoms with E-state index in [1.807, 2.05) is 37.6 Å². The van der Waals surface area contributed by atoms with Crippen LogP contribution in [0.5, 0.6) is 0 Å². The number of pyridine rings is 1. The van der Waals surface area contributed by atoms with Gasteiger partial charge in [0.25, 0.3) is 0 Å². The highest BCUT2D eigenvalue weighted by Crippen LogP contribution is 2.33. The van der Waals surface area contributed by atoms with Gasteiger partial charge in [0.2, 0.25) is 5.91 Å². The predicted octanol–water partition coefficient (Wildman–Crippen LogP) is 1.92. The van der Waals surface area contributed by atoms with E-state index in [-0.39, 0.29) is 18.4 Å². The Labute approximate surface area is 152 Å². The molecule has 1 aliphatic rings. The van der Waals surface area contributed by atoms with Crippen molar-refractivity contribution >= 4 is 11.9 Å². The normalized spacial score (nSPS) is 19.7. The Morgan fingerprint density at radius 3 is 2.46 bits per heavy atom. The van der Waals surface area contributed by atoms with E-state index < -0.39 is 11.9 Å². The lowest BCUT2D eigenvalue weighted by Gasteiger charge is -2.17. The number of aliphatic carboxylic acids is 1. The number of carbonyl (C=O) groups excluding carboxylic acids is 1. The minimum Gasteiger partial charge on any atom is -0.481 e. The Kier molecular flexibility index (Phi) is 5.06. The Morgan fingerprint density at radius 1 is 1.19 bits per heavy atom. The summed E-state index contributed by atoms with van der Waals surface area (Å²) in [7, 11) is 0. The van der Waals surface area contributed by atoms with Crippen molar-refractivity contribution in [2.45, 2.75) is 39.7 Å². The van der Waals surface area contributed by atoms with Gasteiger partial charge in [0.1, 0.15) is 0 Å². The Balaban J connectivity index is 1.68. The monoisotopic (exact) mass is 356 g/mol. The molecule has 2 unspecified atom stereocenters. The molecule has 1 N–H and O–H groups in total. The van der Waals surface area contributed by atoms with Crippen molar-refractivity contribution in [3.05, 3.63) is 47.0 Å². The molecule has 138 valence electrons. The maximum atomic E-state index is 12.6. The molecule has 7 nitrogen and oxygen atoms in total. The van der Waals surface area contributed by atoms with Gasteiger partial charge in [-0.3, -0.25) is 19.3 Å². The minimum atomic E-state index is -0.865. The summed E-state index contributed by atoms with van der Waals surface area (Å²) in [6.45, 7) is 7.15. The average molecular weight is 356 g/mol. The van der Waals surface area contributed by atoms with Gasteiger partial charge >= 0.3 is 5.97 Å². The first-order valence-electron chi connectivity index (χ1n) is 8.79. The number of likely N-dealkylation sites (tertiary alicyclic amines) is 1. The molecule has 2 atom stereocenters. The molecule has 0 saturated carbocycles. The van der Waals surface area contributed by atoms with Crippen LogP contribution in [0.25, 0.3) is 0 Å². The molecule has 26 heavy (non-hydrogen) atoms. The van der Waals surface area contributed by atoms with Crippen LogP contribution in [0.15, 0.2) is 24.5 Å². The van der Waals surface area contributed by atoms with Crippen molar-refractivity contribution in [2.24, 2.45) is 5.92 Å². The number of hydrogen-bond donors (Lipinski definition) is 1. The van der Waals surface area contributed by atoms with Gasteiger partial charge in [0, 0.05) is 50.1 Å². The quantitative estimate of drug-likeness (QED) is 0.884. The van der Waals surface area contributed by atoms with Gasteiger partial charge in [-0.1, -0.05) is 0 Å². The summed E-state index contributed by atoms with van der Waals surface area (Å²) in [6, 6.07) is 3.65. The molecule has 1 fully saturated rings. The summed E-state index contributed by atoms with van der Waals surface area (Å²) in [4.78, 5) is 29.9. The second-order valence-corrected chi connectivity index (χ2v) is 6.90. The smallest absolute Gasteiger partial charge is 0.308 e. The van der Waals surface area contributed by atoms with Gasteiger partial charge in [-0.25, -0.2) is 0 Å². The van der Waals surface area contributed by atoms with E-state index in [0.29, 0.717) is 19.5 Å². The largest absolute Gasteiger partial charge is 0.481 e. The van der Waals surface area contributed by atoms with Crippen molar-refractivity contribution in [1.29, 1.82) is 0 Å². The first-order valence-corrected chi connectivity index (χ1v) is 8.79. The fourth-order valence-electron chi connectivity index (χ4n) is 3.57. The standard InChI is InChI=1S/C19H24N4O3/c1-12-13(2)21-23(14(12)3)9-6-18(24)22-10-16(17(11-22)19(25)26)15-4-7-20-8-5-15/h4-5,7-8,16-17H,6,9-11H2,1-3H3,(H,25,26). The van der Waals surface area contributed by atoms with Gasteiger partial charge in [-0.2, -0.15) is 5.10 Å². The number of carbonyl (C=O) groups is 2. The molecule has 1 aliphatic heterocycles. The van der Waals surface area contributed by atoms with E-state index in [0.717, 1.165) is 22.5 Å². The first-order chi connectivity index (χ1) is 12.4. The third-order valence-corrected chi connectivity index (χ3v) is 5.40. The molecule has 3 heterocycles. The lowest BCUT2D eigenvalue weighted by Crippen LogP contribution is -2.30. The maximum absolute atomic E-state index is 12.6. The molecular formula is C19H24N4O3. The summed E-state index contributed by atoms with van der Waals surface area (Å²) in [6.07, 6.45) is 3.63. The van der Waals surface area contributed by atoms with Crippen LogP contribution in [0.2, 0.25) is 0 Å². The Bertz CT molecular complexity index is 816. The van der Waals surface area contributed by atoms with Gasteiger partial charge in [-0.15, -0.1) is 0 Å². The summed E-state index contributed by atoms with van der Waals surface area (Å²) < 4.78 is 1.85. The van der Waals surface area contributed by atoms with Crippen LogP contribution in [0.1, 0.15) is 34.9 Å². The lowest BCUT2D eigenvalue weighted by atomic mass is 9.90. The van der Waals surface area contributed by atoms with Gasteiger partial charge < -0.3 is 10.0 Å². The maximum Gasteiger partial charge on any atom is 0.308 e. The third kappa shape index (κ3) is 3.47. The highest BCUT2D eigenvalue weighted by molar-refractivity contribution is 5.79. The molecular weight excluding hydrogens is 332 g/mol. The fraction of sp³-hybridized carbons (Fsp3) is 0.474. The zero-order chi connectivity index (χ0) is 18.8. The number of hydrogen-bond acceptors (Lipinski definition) is 4. The number of carboxylic acids is 1. The number of rotatable bonds is 5. The molecule has 0 aromatic carbocycles. The second kappa shape index (κ2) is 7.27. The fourth-order valence-corrected chi connectivity index (χ4v) is 3.57. The van der Waals surface area contributed by atoms with Crippen LogP contribution >= 0.6 is 0 Å². The molecule has 3 rings (SSSR count). The van der Waals surface area contributed by atoms with Crippen LogP contribution in [-0.4, -0.2) is 49.7 Å². The van der Waals surface area contributed by atoms with Crippen molar-refractivity contribution in [2.75, 3.05) is 13.1 Å². The number of aromatic nitrogens is 3. The second-order valence-electron chi connectivity index (χ2n) is 6.90. The highest BCUT2D eigenvalue weighted by atomic mass is 16.4. The first kappa shape index (κ1) is 18.1. The molecule has 0 aliphatic carbocycles. The Hall–Kier alpha value is -2.70. The molecule has 1 amide bonds. The summed E-state index contributed by atoms with van der Waals surface area (Å²) in [5, 5.41) is 14.0. The number of aryl methyl sites for hydroxylation is 2. The predicted molar refractivity (Wildman–Crippen MR) is 95.7 cm³/mol. The summed E-state index contributed by atoms with van der Waals surface area (Å²) in [5.74, 6) is -1.68. The summed E-state index contributed by atoms with van der Waals surface area (Å²) >= 11 is 0. The van der Waals surface area contributed by atoms with Crippen LogP contribution < -0.4 is 0 Å². The van der Waals surface area contributed by atoms with E-state index in [2.05, 4.69) is 10.1 Å². The molecule has 2 aromatic heterocycles. The minimum absolute atomic E-state index is 0.0296. The summed E-state index contributed by atoms with van der Waals surface area (Å²) in [5.41, 5.74) is 4.09. The van der Waals surface area contributed by atoms with Gasteiger partial charge in [0.15, 0.2) is 0 Å². The third-order valence-electron chi connectivity index (χ3n) is 5.40. The van der Waals surface area contributed by atoms with Crippen molar-refractivity contribution in [3.8, 4) is 0 Å². The van der Waals surface area contributed by atoms with E-state index in [9.17, 15) is 14.7 Å². The van der Waals surface area contributed by atoms with E-state index in [1.54, 1.807) is 17.3 Å². The van der Waals surface area contributed by atoms with Gasteiger partial charge in [0.05, 0.1) is 11.6 Å². The van der Waals surface area contributed by atoms with Crippen molar-refractivity contribution in [3.63, 3.8) is 0 Å². The van der Waals surface area contributed by atoms with E-state index in [1.165, 1.54) is 0 Å². The zero-order valence-corrected chi connectivity index (χ0v) is 15.3. The van der Waals surface area contributed by atoms with Crippen molar-refractivity contribution < 1.29 is 14.7 Å². The lowest BCUT2D eigenvalue weighted by molar-refractivity contribution is -0.141. The molecule has 0 spiro atoms. The van der Waals surface area contributed by atoms with Crippen LogP contribution in [0, 0.1) is 26.7 Å². The highest BCUT2D eigenvalue weighted by Gasteiger charge is 2.40. The van der Waals surface area contributed by atoms with E-state index >= 15 is 0 Å². The van der Waals surface area contributed by atoms with Crippen molar-refractivity contribution in [1.82, 2.24) is 19.7 Å². The SMILES string of the molecule is Cc1nn(CCC(=O)N2CC(C(=O)O)C(c3ccncc3)C2)c(C)c1C. The molecule has 7 heteroatoms. The Morgan fingerprint density at radius 2 is 1.88 bits per heavy atom. The topological polar surface area (TPSA) is 88.3 Å².